The molecule has 10 nitrogen and oxygen atoms in total. The Bertz CT molecular complexity index is 1290. The number of carbonyl (C=O) groups is 2. The lowest BCUT2D eigenvalue weighted by Crippen LogP contribution is -2.31. The number of fused-ring (bicyclic) bond motifs is 1. The van der Waals surface area contributed by atoms with Gasteiger partial charge in [0.25, 0.3) is 5.91 Å². The second kappa shape index (κ2) is 9.44. The summed E-state index contributed by atoms with van der Waals surface area (Å²) in [5.41, 5.74) is 2.51. The van der Waals surface area contributed by atoms with Crippen LogP contribution in [0.25, 0.3) is 0 Å². The summed E-state index contributed by atoms with van der Waals surface area (Å²) in [6.45, 7) is 1.78. The van der Waals surface area contributed by atoms with Gasteiger partial charge in [-0.05, 0) is 24.6 Å². The van der Waals surface area contributed by atoms with Crippen molar-refractivity contribution in [1.82, 2.24) is 14.8 Å². The summed E-state index contributed by atoms with van der Waals surface area (Å²) in [5.74, 6) is 0.407. The van der Waals surface area contributed by atoms with Crippen LogP contribution < -0.4 is 20.1 Å². The van der Waals surface area contributed by atoms with Gasteiger partial charge in [-0.3, -0.25) is 4.79 Å². The first-order valence-corrected chi connectivity index (χ1v) is 10.5. The molecular weight excluding hydrogens is 462 g/mol. The van der Waals surface area contributed by atoms with Gasteiger partial charge in [0.2, 0.25) is 5.95 Å². The van der Waals surface area contributed by atoms with E-state index < -0.39 is 17.9 Å². The Hall–Kier alpha value is -4.05. The van der Waals surface area contributed by atoms with Crippen LogP contribution in [-0.2, 0) is 9.53 Å². The number of esters is 1. The maximum Gasteiger partial charge on any atom is 0.337 e. The van der Waals surface area contributed by atoms with Crippen LogP contribution >= 0.6 is 11.6 Å². The van der Waals surface area contributed by atoms with Crippen LogP contribution in [0.5, 0.6) is 11.5 Å². The highest BCUT2D eigenvalue weighted by atomic mass is 35.5. The van der Waals surface area contributed by atoms with E-state index in [2.05, 4.69) is 20.7 Å². The maximum atomic E-state index is 13.6. The lowest BCUT2D eigenvalue weighted by atomic mass is 9.94. The first-order chi connectivity index (χ1) is 16.4. The van der Waals surface area contributed by atoms with Gasteiger partial charge >= 0.3 is 5.97 Å². The number of nitrogens with one attached hydrogen (secondary N) is 2. The van der Waals surface area contributed by atoms with E-state index >= 15 is 0 Å². The van der Waals surface area contributed by atoms with E-state index in [-0.39, 0.29) is 0 Å². The van der Waals surface area contributed by atoms with E-state index in [1.54, 1.807) is 48.0 Å². The van der Waals surface area contributed by atoms with Crippen LogP contribution in [0.4, 0.5) is 11.6 Å². The lowest BCUT2D eigenvalue weighted by molar-refractivity contribution is -0.113. The molecule has 3 aromatic rings. The normalized spacial score (nSPS) is 14.7. The number of allylic oxidation sites excluding steroid dienone is 1. The van der Waals surface area contributed by atoms with Gasteiger partial charge in [-0.2, -0.15) is 10.1 Å². The van der Waals surface area contributed by atoms with Gasteiger partial charge in [-0.25, -0.2) is 9.48 Å². The third-order valence-corrected chi connectivity index (χ3v) is 5.70. The highest BCUT2D eigenvalue weighted by molar-refractivity contribution is 6.32. The molecule has 0 saturated carbocycles. The molecule has 4 rings (SSSR count). The number of benzene rings is 2. The van der Waals surface area contributed by atoms with Crippen LogP contribution in [0.2, 0.25) is 5.02 Å². The molecule has 2 aromatic carbocycles. The molecule has 1 amide bonds. The van der Waals surface area contributed by atoms with Crippen molar-refractivity contribution in [2.45, 2.75) is 13.0 Å². The fraction of sp³-hybridized carbons (Fsp3) is 0.217. The van der Waals surface area contributed by atoms with Crippen LogP contribution in [0.1, 0.15) is 28.9 Å². The molecule has 0 aliphatic carbocycles. The number of hydrogen-bond donors (Lipinski definition) is 2. The molecular formula is C23H22ClN5O5. The summed E-state index contributed by atoms with van der Waals surface area (Å²) in [7, 11) is 4.28. The number of carbonyl (C=O) groups excluding carboxylic acids is 2. The summed E-state index contributed by atoms with van der Waals surface area (Å²) in [6.07, 6.45) is 1.40. The Labute approximate surface area is 200 Å². The van der Waals surface area contributed by atoms with Crippen molar-refractivity contribution >= 4 is 35.1 Å². The quantitative estimate of drug-likeness (QED) is 0.510. The van der Waals surface area contributed by atoms with Crippen LogP contribution in [0, 0.1) is 0 Å². The molecule has 2 N–H and O–H groups in total. The van der Waals surface area contributed by atoms with Crippen molar-refractivity contribution in [3.63, 3.8) is 0 Å². The van der Waals surface area contributed by atoms with Gasteiger partial charge in [0, 0.05) is 17.8 Å². The van der Waals surface area contributed by atoms with Gasteiger partial charge in [0.05, 0.1) is 43.2 Å². The minimum Gasteiger partial charge on any atom is -0.495 e. The number of methoxy groups -OCH3 is 3. The summed E-state index contributed by atoms with van der Waals surface area (Å²) >= 11 is 6.19. The highest BCUT2D eigenvalue weighted by Crippen LogP contribution is 2.38. The monoisotopic (exact) mass is 483 g/mol. The number of amides is 1. The highest BCUT2D eigenvalue weighted by Gasteiger charge is 2.34. The largest absolute Gasteiger partial charge is 0.495 e. The first-order valence-electron chi connectivity index (χ1n) is 10.2. The van der Waals surface area contributed by atoms with Gasteiger partial charge in [0.15, 0.2) is 0 Å². The molecule has 2 heterocycles. The number of hydrogen-bond acceptors (Lipinski definition) is 8. The van der Waals surface area contributed by atoms with E-state index in [1.165, 1.54) is 27.7 Å². The smallest absolute Gasteiger partial charge is 0.337 e. The van der Waals surface area contributed by atoms with Crippen molar-refractivity contribution in [2.24, 2.45) is 0 Å². The van der Waals surface area contributed by atoms with Crippen LogP contribution in [-0.4, -0.2) is 48.0 Å². The Balaban J connectivity index is 1.75. The molecule has 1 atom stereocenters. The summed E-state index contributed by atoms with van der Waals surface area (Å²) < 4.78 is 17.0. The predicted molar refractivity (Wildman–Crippen MR) is 125 cm³/mol. The molecule has 0 radical (unpaired) electrons. The first kappa shape index (κ1) is 23.1. The summed E-state index contributed by atoms with van der Waals surface area (Å²) in [4.78, 5) is 29.7. The minimum absolute atomic E-state index is 0.350. The minimum atomic E-state index is -0.606. The standard InChI is InChI=1S/C23H22ClN5O5/c1-12-19(21(30)28-16-10-17(32-2)15(24)9-18(16)33-3)20(29-23(27-12)25-11-26-29)13-5-7-14(8-6-13)22(31)34-4/h5-11,20H,1-4H3,(H,28,30)(H,25,26,27)/t20-/m0/s1. The lowest BCUT2D eigenvalue weighted by Gasteiger charge is -2.29. The van der Waals surface area contributed by atoms with Crippen molar-refractivity contribution in [3.05, 3.63) is 70.1 Å². The molecule has 1 aliphatic rings. The molecule has 0 spiro atoms. The third-order valence-electron chi connectivity index (χ3n) is 5.41. The molecule has 0 unspecified atom stereocenters. The molecule has 1 aliphatic heterocycles. The Morgan fingerprint density at radius 2 is 1.79 bits per heavy atom. The zero-order valence-electron chi connectivity index (χ0n) is 18.9. The average Bonchev–Trinajstić information content (AvgIpc) is 3.31. The average molecular weight is 484 g/mol. The molecule has 34 heavy (non-hydrogen) atoms. The van der Waals surface area contributed by atoms with Crippen LogP contribution in [0.15, 0.2) is 54.0 Å². The number of rotatable bonds is 6. The Morgan fingerprint density at radius 3 is 2.44 bits per heavy atom. The second-order valence-electron chi connectivity index (χ2n) is 7.35. The van der Waals surface area contributed by atoms with Crippen molar-refractivity contribution < 1.29 is 23.8 Å². The number of aromatic nitrogens is 3. The number of halogens is 1. The number of anilines is 2. The molecule has 176 valence electrons. The third kappa shape index (κ3) is 4.15. The fourth-order valence-corrected chi connectivity index (χ4v) is 3.99. The zero-order valence-corrected chi connectivity index (χ0v) is 19.6. The van der Waals surface area contributed by atoms with E-state index in [4.69, 9.17) is 25.8 Å². The number of ether oxygens (including phenoxy) is 3. The molecule has 0 saturated heterocycles. The maximum absolute atomic E-state index is 13.6. The van der Waals surface area contributed by atoms with E-state index in [0.29, 0.717) is 45.0 Å². The van der Waals surface area contributed by atoms with E-state index in [9.17, 15) is 9.59 Å². The van der Waals surface area contributed by atoms with Crippen molar-refractivity contribution in [1.29, 1.82) is 0 Å². The molecule has 11 heteroatoms. The predicted octanol–water partition coefficient (Wildman–Crippen LogP) is 3.66. The Kier molecular flexibility index (Phi) is 6.42. The van der Waals surface area contributed by atoms with Gasteiger partial charge in [-0.15, -0.1) is 0 Å². The number of nitrogens with zero attached hydrogens (tertiary/aromatic N) is 3. The van der Waals surface area contributed by atoms with Gasteiger partial charge in [-0.1, -0.05) is 23.7 Å². The molecule has 1 aromatic heterocycles. The molecule has 0 fully saturated rings. The van der Waals surface area contributed by atoms with E-state index in [1.807, 2.05) is 0 Å². The second-order valence-corrected chi connectivity index (χ2v) is 7.76. The van der Waals surface area contributed by atoms with Gasteiger partial charge < -0.3 is 24.8 Å². The van der Waals surface area contributed by atoms with E-state index in [0.717, 1.165) is 5.56 Å². The van der Waals surface area contributed by atoms with Crippen LogP contribution in [0.3, 0.4) is 0 Å². The van der Waals surface area contributed by atoms with Crippen molar-refractivity contribution in [3.8, 4) is 11.5 Å². The Morgan fingerprint density at radius 1 is 1.09 bits per heavy atom. The summed E-state index contributed by atoms with van der Waals surface area (Å²) in [6, 6.07) is 9.32. The van der Waals surface area contributed by atoms with Gasteiger partial charge in [0.1, 0.15) is 23.9 Å². The zero-order chi connectivity index (χ0) is 24.4. The summed E-state index contributed by atoms with van der Waals surface area (Å²) in [5, 5.41) is 10.7. The topological polar surface area (TPSA) is 117 Å². The molecule has 0 bridgehead atoms. The van der Waals surface area contributed by atoms with Crippen molar-refractivity contribution in [2.75, 3.05) is 32.0 Å². The SMILES string of the molecule is COC(=O)c1ccc([C@H]2C(C(=O)Nc3cc(OC)c(Cl)cc3OC)=C(C)Nc3ncnn32)cc1. The fourth-order valence-electron chi connectivity index (χ4n) is 3.76.